The quantitative estimate of drug-likeness (QED) is 0.806. The summed E-state index contributed by atoms with van der Waals surface area (Å²) >= 11 is 1.75. The normalized spacial score (nSPS) is 16.7. The molecule has 0 aromatic heterocycles. The molecule has 3 N–H and O–H groups in total. The molecule has 0 aliphatic heterocycles. The molecule has 1 aromatic rings. The summed E-state index contributed by atoms with van der Waals surface area (Å²) in [5.41, 5.74) is 5.99. The topological polar surface area (TPSA) is 72.2 Å². The van der Waals surface area contributed by atoms with Crippen molar-refractivity contribution in [2.75, 3.05) is 19.3 Å². The van der Waals surface area contributed by atoms with Crippen LogP contribution >= 0.6 is 11.8 Å². The van der Waals surface area contributed by atoms with E-state index in [2.05, 4.69) is 16.6 Å². The number of hydrogen-bond donors (Lipinski definition) is 2. The summed E-state index contributed by atoms with van der Waals surface area (Å²) in [5.74, 6) is 5.58. The van der Waals surface area contributed by atoms with Crippen LogP contribution in [0.25, 0.3) is 0 Å². The van der Waals surface area contributed by atoms with Crippen LogP contribution in [-0.2, 0) is 10.0 Å². The highest BCUT2D eigenvalue weighted by molar-refractivity contribution is 8.00. The first kappa shape index (κ1) is 16.4. The Morgan fingerprint density at radius 1 is 1.43 bits per heavy atom. The van der Waals surface area contributed by atoms with Gasteiger partial charge in [0.25, 0.3) is 0 Å². The Balaban J connectivity index is 2.12. The minimum absolute atomic E-state index is 0.0734. The monoisotopic (exact) mass is 324 g/mol. The number of rotatable bonds is 5. The first-order valence-corrected chi connectivity index (χ1v) is 9.56. The van der Waals surface area contributed by atoms with Crippen molar-refractivity contribution in [3.8, 4) is 11.8 Å². The van der Waals surface area contributed by atoms with Gasteiger partial charge in [0.2, 0.25) is 10.0 Å². The average molecular weight is 324 g/mol. The number of benzene rings is 1. The van der Waals surface area contributed by atoms with Gasteiger partial charge in [0.1, 0.15) is 0 Å². The van der Waals surface area contributed by atoms with E-state index in [9.17, 15) is 8.42 Å². The minimum Gasteiger partial charge on any atom is -0.320 e. The lowest BCUT2D eigenvalue weighted by atomic mass is 9.84. The van der Waals surface area contributed by atoms with Gasteiger partial charge in [-0.2, -0.15) is 11.8 Å². The summed E-state index contributed by atoms with van der Waals surface area (Å²) in [6.45, 7) is 0.737. The molecule has 0 unspecified atom stereocenters. The van der Waals surface area contributed by atoms with Crippen molar-refractivity contribution in [3.63, 3.8) is 0 Å². The van der Waals surface area contributed by atoms with Crippen molar-refractivity contribution in [1.82, 2.24) is 4.72 Å². The number of nitrogens with one attached hydrogen (secondary N) is 1. The van der Waals surface area contributed by atoms with Gasteiger partial charge in [-0.05, 0) is 37.3 Å². The molecular weight excluding hydrogens is 304 g/mol. The average Bonchev–Trinajstić information content (AvgIpc) is 2.45. The SMILES string of the molecule is CSC1(CNS(=O)(=O)c2cccc(C#CCN)c2)CCC1. The standard InChI is InChI=1S/C15H20N2O2S2/c1-20-15(8-4-9-15)12-17-21(18,19)14-7-2-5-13(11-14)6-3-10-16/h2,5,7,11,17H,4,8-10,12,16H2,1H3. The molecule has 0 bridgehead atoms. The van der Waals surface area contributed by atoms with Gasteiger partial charge in [0, 0.05) is 16.9 Å². The Morgan fingerprint density at radius 2 is 2.19 bits per heavy atom. The summed E-state index contributed by atoms with van der Waals surface area (Å²) in [5, 5.41) is 0. The lowest BCUT2D eigenvalue weighted by Crippen LogP contribution is -2.45. The number of hydrogen-bond acceptors (Lipinski definition) is 4. The molecule has 1 saturated carbocycles. The lowest BCUT2D eigenvalue weighted by molar-refractivity contribution is 0.362. The largest absolute Gasteiger partial charge is 0.320 e. The Labute approximate surface area is 130 Å². The molecule has 0 atom stereocenters. The molecule has 6 heteroatoms. The predicted octanol–water partition coefficient (Wildman–Crippen LogP) is 1.56. The lowest BCUT2D eigenvalue weighted by Gasteiger charge is -2.40. The Kier molecular flexibility index (Phi) is 5.33. The van der Waals surface area contributed by atoms with Crippen molar-refractivity contribution in [2.45, 2.75) is 28.9 Å². The van der Waals surface area contributed by atoms with E-state index < -0.39 is 10.0 Å². The Hall–Kier alpha value is -1.00. The fourth-order valence-corrected chi connectivity index (χ4v) is 4.41. The highest BCUT2D eigenvalue weighted by Gasteiger charge is 2.37. The Morgan fingerprint density at radius 3 is 2.76 bits per heavy atom. The van der Waals surface area contributed by atoms with E-state index in [-0.39, 0.29) is 16.2 Å². The zero-order valence-electron chi connectivity index (χ0n) is 12.1. The zero-order valence-corrected chi connectivity index (χ0v) is 13.7. The van der Waals surface area contributed by atoms with Crippen molar-refractivity contribution >= 4 is 21.8 Å². The van der Waals surface area contributed by atoms with Crippen LogP contribution in [0.4, 0.5) is 0 Å². The van der Waals surface area contributed by atoms with Crippen molar-refractivity contribution < 1.29 is 8.42 Å². The molecule has 21 heavy (non-hydrogen) atoms. The first-order chi connectivity index (χ1) is 10.0. The number of thioether (sulfide) groups is 1. The van der Waals surface area contributed by atoms with Gasteiger partial charge in [-0.1, -0.05) is 24.3 Å². The highest BCUT2D eigenvalue weighted by Crippen LogP contribution is 2.42. The van der Waals surface area contributed by atoms with Crippen molar-refractivity contribution in [3.05, 3.63) is 29.8 Å². The van der Waals surface area contributed by atoms with E-state index >= 15 is 0 Å². The molecule has 1 aliphatic carbocycles. The van der Waals surface area contributed by atoms with Crippen LogP contribution in [0.3, 0.4) is 0 Å². The molecule has 1 aliphatic rings. The van der Waals surface area contributed by atoms with Gasteiger partial charge in [0.05, 0.1) is 11.4 Å². The third kappa shape index (κ3) is 4.01. The molecule has 114 valence electrons. The molecule has 0 heterocycles. The van der Waals surface area contributed by atoms with Crippen LogP contribution in [0.2, 0.25) is 0 Å². The van der Waals surface area contributed by atoms with Gasteiger partial charge < -0.3 is 5.73 Å². The van der Waals surface area contributed by atoms with E-state index in [1.807, 2.05) is 6.26 Å². The van der Waals surface area contributed by atoms with Gasteiger partial charge in [0.15, 0.2) is 0 Å². The van der Waals surface area contributed by atoms with Crippen LogP contribution < -0.4 is 10.5 Å². The molecular formula is C15H20N2O2S2. The first-order valence-electron chi connectivity index (χ1n) is 6.85. The van der Waals surface area contributed by atoms with Gasteiger partial charge in [-0.15, -0.1) is 0 Å². The zero-order chi connectivity index (χ0) is 15.3. The maximum Gasteiger partial charge on any atom is 0.240 e. The van der Waals surface area contributed by atoms with Crippen LogP contribution in [0, 0.1) is 11.8 Å². The molecule has 1 aromatic carbocycles. The fourth-order valence-electron chi connectivity index (χ4n) is 2.23. The summed E-state index contributed by atoms with van der Waals surface area (Å²) in [6.07, 6.45) is 5.35. The summed E-state index contributed by atoms with van der Waals surface area (Å²) in [6, 6.07) is 6.64. The summed E-state index contributed by atoms with van der Waals surface area (Å²) in [4.78, 5) is 0.252. The fraction of sp³-hybridized carbons (Fsp3) is 0.467. The van der Waals surface area contributed by atoms with Crippen LogP contribution in [0.5, 0.6) is 0 Å². The van der Waals surface area contributed by atoms with E-state index in [1.54, 1.807) is 36.0 Å². The third-order valence-electron chi connectivity index (χ3n) is 3.76. The van der Waals surface area contributed by atoms with E-state index in [0.717, 1.165) is 12.8 Å². The molecule has 2 rings (SSSR count). The molecule has 0 radical (unpaired) electrons. The molecule has 0 spiro atoms. The summed E-state index contributed by atoms with van der Waals surface area (Å²) < 4.78 is 27.5. The van der Waals surface area contributed by atoms with Crippen molar-refractivity contribution in [2.24, 2.45) is 5.73 Å². The van der Waals surface area contributed by atoms with E-state index in [1.165, 1.54) is 6.42 Å². The number of nitrogens with two attached hydrogens (primary N) is 1. The predicted molar refractivity (Wildman–Crippen MR) is 87.7 cm³/mol. The van der Waals surface area contributed by atoms with Gasteiger partial charge in [-0.25, -0.2) is 13.1 Å². The van der Waals surface area contributed by atoms with Gasteiger partial charge >= 0.3 is 0 Å². The molecule has 4 nitrogen and oxygen atoms in total. The smallest absolute Gasteiger partial charge is 0.240 e. The van der Waals surface area contributed by atoms with Crippen LogP contribution in [0.15, 0.2) is 29.2 Å². The molecule has 0 saturated heterocycles. The molecule has 1 fully saturated rings. The van der Waals surface area contributed by atoms with Gasteiger partial charge in [-0.3, -0.25) is 0 Å². The minimum atomic E-state index is -3.49. The third-order valence-corrected chi connectivity index (χ3v) is 6.58. The van der Waals surface area contributed by atoms with Crippen molar-refractivity contribution in [1.29, 1.82) is 0 Å². The second kappa shape index (κ2) is 6.84. The molecule has 0 amide bonds. The summed E-state index contributed by atoms with van der Waals surface area (Å²) in [7, 11) is -3.49. The van der Waals surface area contributed by atoms with E-state index in [4.69, 9.17) is 5.73 Å². The second-order valence-electron chi connectivity index (χ2n) is 5.10. The Bertz CT molecular complexity index is 650. The highest BCUT2D eigenvalue weighted by atomic mass is 32.2. The maximum atomic E-state index is 12.4. The van der Waals surface area contributed by atoms with Crippen LogP contribution in [0.1, 0.15) is 24.8 Å². The van der Waals surface area contributed by atoms with E-state index in [0.29, 0.717) is 12.1 Å². The maximum absolute atomic E-state index is 12.4. The second-order valence-corrected chi connectivity index (χ2v) is 8.14. The van der Waals surface area contributed by atoms with Crippen LogP contribution in [-0.4, -0.2) is 32.5 Å². The number of sulfonamides is 1.